The standard InChI is InChI=1S/C18H22N4O3S.ClH/c19-9-4-10-22(13-15-5-2-1-3-6-15)18(23)16-7-8-17-20-26(24,25)12-11-21(17)14-16;/h1-3,5-8,14H,4,9-13,19H2;1H. The molecule has 7 nitrogen and oxygen atoms in total. The molecule has 27 heavy (non-hydrogen) atoms. The predicted octanol–water partition coefficient (Wildman–Crippen LogP) is 1.28. The van der Waals surface area contributed by atoms with Gasteiger partial charge in [0.05, 0.1) is 11.3 Å². The fourth-order valence-electron chi connectivity index (χ4n) is 2.85. The quantitative estimate of drug-likeness (QED) is 0.762. The summed E-state index contributed by atoms with van der Waals surface area (Å²) in [5, 5.41) is 0. The number of carbonyl (C=O) groups is 1. The highest BCUT2D eigenvalue weighted by molar-refractivity contribution is 7.90. The molecule has 0 unspecified atom stereocenters. The number of nitrogens with zero attached hydrogens (tertiary/aromatic N) is 3. The second-order valence-electron chi connectivity index (χ2n) is 6.20. The zero-order valence-corrected chi connectivity index (χ0v) is 16.5. The lowest BCUT2D eigenvalue weighted by Gasteiger charge is -2.29. The number of benzene rings is 1. The average Bonchev–Trinajstić information content (AvgIpc) is 2.64. The van der Waals surface area contributed by atoms with Crippen LogP contribution in [-0.2, 0) is 21.4 Å². The van der Waals surface area contributed by atoms with Crippen molar-refractivity contribution in [2.24, 2.45) is 10.1 Å². The Kier molecular flexibility index (Phi) is 7.18. The summed E-state index contributed by atoms with van der Waals surface area (Å²) in [6, 6.07) is 9.78. The van der Waals surface area contributed by atoms with Crippen LogP contribution in [0.5, 0.6) is 0 Å². The molecule has 146 valence electrons. The van der Waals surface area contributed by atoms with Gasteiger partial charge in [0.1, 0.15) is 5.84 Å². The number of amides is 1. The summed E-state index contributed by atoms with van der Waals surface area (Å²) in [7, 11) is -3.40. The van der Waals surface area contributed by atoms with Gasteiger partial charge < -0.3 is 15.5 Å². The van der Waals surface area contributed by atoms with Crippen molar-refractivity contribution < 1.29 is 13.2 Å². The fourth-order valence-corrected chi connectivity index (χ4v) is 3.82. The van der Waals surface area contributed by atoms with Crippen molar-refractivity contribution in [1.82, 2.24) is 9.80 Å². The molecule has 3 rings (SSSR count). The Bertz CT molecular complexity index is 866. The molecule has 1 amide bonds. The molecular weight excluding hydrogens is 388 g/mol. The fraction of sp³-hybridized carbons (Fsp3) is 0.333. The average molecular weight is 411 g/mol. The van der Waals surface area contributed by atoms with Gasteiger partial charge in [0.25, 0.3) is 15.9 Å². The van der Waals surface area contributed by atoms with E-state index in [-0.39, 0.29) is 24.1 Å². The van der Waals surface area contributed by atoms with Crippen LogP contribution < -0.4 is 5.73 Å². The minimum atomic E-state index is -3.40. The summed E-state index contributed by atoms with van der Waals surface area (Å²) < 4.78 is 26.9. The monoisotopic (exact) mass is 410 g/mol. The van der Waals surface area contributed by atoms with Gasteiger partial charge in [0.2, 0.25) is 0 Å². The molecule has 0 atom stereocenters. The van der Waals surface area contributed by atoms with Crippen LogP contribution in [0.25, 0.3) is 0 Å². The lowest BCUT2D eigenvalue weighted by molar-refractivity contribution is -0.127. The number of sulfonamides is 1. The van der Waals surface area contributed by atoms with Crippen molar-refractivity contribution in [1.29, 1.82) is 0 Å². The van der Waals surface area contributed by atoms with Crippen molar-refractivity contribution >= 4 is 34.2 Å². The van der Waals surface area contributed by atoms with E-state index >= 15 is 0 Å². The van der Waals surface area contributed by atoms with E-state index in [0.717, 1.165) is 5.56 Å². The van der Waals surface area contributed by atoms with Gasteiger partial charge in [0, 0.05) is 25.8 Å². The normalized spacial score (nSPS) is 17.3. The summed E-state index contributed by atoms with van der Waals surface area (Å²) in [6.07, 6.45) is 5.59. The van der Waals surface area contributed by atoms with Crippen LogP contribution in [0.1, 0.15) is 12.0 Å². The van der Waals surface area contributed by atoms with Crippen LogP contribution in [0, 0.1) is 0 Å². The molecule has 0 spiro atoms. The molecule has 2 aliphatic rings. The second kappa shape index (κ2) is 9.16. The maximum Gasteiger partial charge on any atom is 0.256 e. The number of nitrogens with two attached hydrogens (primary N) is 1. The molecule has 1 aromatic carbocycles. The minimum Gasteiger partial charge on any atom is -0.334 e. The molecule has 0 aromatic heterocycles. The molecule has 2 N–H and O–H groups in total. The van der Waals surface area contributed by atoms with E-state index in [1.54, 1.807) is 28.2 Å². The molecule has 0 aliphatic carbocycles. The van der Waals surface area contributed by atoms with Gasteiger partial charge in [-0.3, -0.25) is 4.79 Å². The van der Waals surface area contributed by atoms with Gasteiger partial charge in [-0.05, 0) is 30.7 Å². The Morgan fingerprint density at radius 2 is 1.96 bits per heavy atom. The summed E-state index contributed by atoms with van der Waals surface area (Å²) in [5.74, 6) is 0.193. The molecule has 2 heterocycles. The molecule has 0 fully saturated rings. The topological polar surface area (TPSA) is 96.1 Å². The maximum atomic E-state index is 13.0. The molecular formula is C18H23ClN4O3S. The van der Waals surface area contributed by atoms with E-state index < -0.39 is 10.0 Å². The van der Waals surface area contributed by atoms with Crippen molar-refractivity contribution in [3.8, 4) is 0 Å². The Morgan fingerprint density at radius 3 is 2.67 bits per heavy atom. The van der Waals surface area contributed by atoms with Gasteiger partial charge in [-0.15, -0.1) is 16.8 Å². The molecule has 0 saturated heterocycles. The van der Waals surface area contributed by atoms with E-state index in [1.165, 1.54) is 0 Å². The van der Waals surface area contributed by atoms with Crippen molar-refractivity contribution in [3.05, 3.63) is 59.8 Å². The van der Waals surface area contributed by atoms with Crippen molar-refractivity contribution in [2.75, 3.05) is 25.4 Å². The third-order valence-electron chi connectivity index (χ3n) is 4.21. The van der Waals surface area contributed by atoms with E-state index in [0.29, 0.717) is 44.0 Å². The number of rotatable bonds is 6. The lowest BCUT2D eigenvalue weighted by atomic mass is 10.1. The molecule has 0 radical (unpaired) electrons. The van der Waals surface area contributed by atoms with Crippen LogP contribution in [-0.4, -0.2) is 55.3 Å². The third-order valence-corrected chi connectivity index (χ3v) is 5.37. The molecule has 9 heteroatoms. The molecule has 1 aromatic rings. The first kappa shape index (κ1) is 21.1. The summed E-state index contributed by atoms with van der Waals surface area (Å²) in [4.78, 5) is 16.5. The molecule has 0 saturated carbocycles. The molecule has 0 bridgehead atoms. The van der Waals surface area contributed by atoms with Crippen LogP contribution >= 0.6 is 12.4 Å². The highest BCUT2D eigenvalue weighted by Crippen LogP contribution is 2.18. The highest BCUT2D eigenvalue weighted by atomic mass is 35.5. The van der Waals surface area contributed by atoms with E-state index in [2.05, 4.69) is 4.40 Å². The Morgan fingerprint density at radius 1 is 1.22 bits per heavy atom. The summed E-state index contributed by atoms with van der Waals surface area (Å²) in [5.41, 5.74) is 7.17. The largest absolute Gasteiger partial charge is 0.334 e. The zero-order chi connectivity index (χ0) is 18.6. The number of carbonyl (C=O) groups excluding carboxylic acids is 1. The first-order valence-electron chi connectivity index (χ1n) is 8.51. The zero-order valence-electron chi connectivity index (χ0n) is 14.8. The van der Waals surface area contributed by atoms with Crippen LogP contribution in [0.4, 0.5) is 0 Å². The van der Waals surface area contributed by atoms with Crippen LogP contribution in [0.3, 0.4) is 0 Å². The summed E-state index contributed by atoms with van der Waals surface area (Å²) in [6.45, 7) is 1.86. The van der Waals surface area contributed by atoms with Gasteiger partial charge in [-0.2, -0.15) is 0 Å². The van der Waals surface area contributed by atoms with E-state index in [1.807, 2.05) is 30.3 Å². The Hall–Kier alpha value is -2.16. The summed E-state index contributed by atoms with van der Waals surface area (Å²) >= 11 is 0. The maximum absolute atomic E-state index is 13.0. The minimum absolute atomic E-state index is 0. The van der Waals surface area contributed by atoms with Crippen molar-refractivity contribution in [3.63, 3.8) is 0 Å². The lowest BCUT2D eigenvalue weighted by Crippen LogP contribution is -2.39. The Balaban J connectivity index is 0.00000261. The van der Waals surface area contributed by atoms with Crippen LogP contribution in [0.15, 0.2) is 58.7 Å². The first-order chi connectivity index (χ1) is 12.5. The number of fused-ring (bicyclic) bond motifs is 1. The number of amidine groups is 1. The van der Waals surface area contributed by atoms with Gasteiger partial charge in [-0.1, -0.05) is 30.3 Å². The second-order valence-corrected chi connectivity index (χ2v) is 7.96. The third kappa shape index (κ3) is 5.41. The molecule has 2 aliphatic heterocycles. The van der Waals surface area contributed by atoms with E-state index in [9.17, 15) is 13.2 Å². The van der Waals surface area contributed by atoms with Gasteiger partial charge in [0.15, 0.2) is 0 Å². The van der Waals surface area contributed by atoms with Gasteiger partial charge in [-0.25, -0.2) is 8.42 Å². The van der Waals surface area contributed by atoms with Crippen molar-refractivity contribution in [2.45, 2.75) is 13.0 Å². The number of halogens is 1. The van der Waals surface area contributed by atoms with Crippen LogP contribution in [0.2, 0.25) is 0 Å². The first-order valence-corrected chi connectivity index (χ1v) is 10.1. The number of hydrogen-bond acceptors (Lipinski definition) is 5. The Labute approximate surface area is 165 Å². The predicted molar refractivity (Wildman–Crippen MR) is 108 cm³/mol. The highest BCUT2D eigenvalue weighted by Gasteiger charge is 2.26. The smallest absolute Gasteiger partial charge is 0.256 e. The van der Waals surface area contributed by atoms with E-state index in [4.69, 9.17) is 5.73 Å². The van der Waals surface area contributed by atoms with Gasteiger partial charge >= 0.3 is 0 Å². The SMILES string of the molecule is Cl.NCCCN(Cc1ccccc1)C(=O)C1=CN2CCS(=O)(=O)N=C2C=C1. The number of hydrogen-bond donors (Lipinski definition) is 1.